The number of rotatable bonds is 4. The quantitative estimate of drug-likeness (QED) is 0.913. The second-order valence-electron chi connectivity index (χ2n) is 5.83. The Balaban J connectivity index is 2.13. The summed E-state index contributed by atoms with van der Waals surface area (Å²) in [5.74, 6) is 0. The van der Waals surface area contributed by atoms with Crippen molar-refractivity contribution in [3.63, 3.8) is 0 Å². The van der Waals surface area contributed by atoms with E-state index in [-0.39, 0.29) is 6.04 Å². The third kappa shape index (κ3) is 4.20. The zero-order valence-corrected chi connectivity index (χ0v) is 12.6. The van der Waals surface area contributed by atoms with Crippen LogP contribution in [0.2, 0.25) is 0 Å². The van der Waals surface area contributed by atoms with Gasteiger partial charge in [0.25, 0.3) is 0 Å². The fourth-order valence-electron chi connectivity index (χ4n) is 2.91. The Morgan fingerprint density at radius 3 is 2.67 bits per heavy atom. The van der Waals surface area contributed by atoms with Gasteiger partial charge in [-0.1, -0.05) is 31.5 Å². The van der Waals surface area contributed by atoms with E-state index in [0.29, 0.717) is 18.2 Å². The van der Waals surface area contributed by atoms with Crippen LogP contribution in [0.5, 0.6) is 0 Å². The number of benzene rings is 1. The molecule has 21 heavy (non-hydrogen) atoms. The maximum absolute atomic E-state index is 13.1. The van der Waals surface area contributed by atoms with E-state index in [9.17, 15) is 13.2 Å². The van der Waals surface area contributed by atoms with Crippen molar-refractivity contribution in [2.45, 2.75) is 51.5 Å². The molecule has 2 atom stereocenters. The molecule has 2 nitrogen and oxygen atoms in total. The molecule has 0 bridgehead atoms. The average molecular weight is 300 g/mol. The van der Waals surface area contributed by atoms with Crippen LogP contribution in [0.3, 0.4) is 0 Å². The fourth-order valence-corrected chi connectivity index (χ4v) is 2.91. The van der Waals surface area contributed by atoms with Crippen LogP contribution in [0.1, 0.15) is 37.8 Å². The lowest BCUT2D eigenvalue weighted by atomic mass is 10.0. The smallest absolute Gasteiger partial charge is 0.311 e. The van der Waals surface area contributed by atoms with E-state index in [2.05, 4.69) is 24.1 Å². The van der Waals surface area contributed by atoms with Crippen molar-refractivity contribution in [2.24, 2.45) is 0 Å². The first kappa shape index (κ1) is 16.3. The van der Waals surface area contributed by atoms with Crippen molar-refractivity contribution in [3.05, 3.63) is 35.4 Å². The number of hydrogen-bond donors (Lipinski definition) is 1. The van der Waals surface area contributed by atoms with E-state index in [1.54, 1.807) is 12.1 Å². The van der Waals surface area contributed by atoms with Gasteiger partial charge in [-0.05, 0) is 25.0 Å². The summed E-state index contributed by atoms with van der Waals surface area (Å²) in [6.07, 6.45) is -2.14. The second-order valence-corrected chi connectivity index (χ2v) is 5.83. The minimum absolute atomic E-state index is 0.249. The Hall–Kier alpha value is -1.07. The van der Waals surface area contributed by atoms with Crippen LogP contribution in [-0.2, 0) is 12.7 Å². The van der Waals surface area contributed by atoms with Crippen molar-refractivity contribution in [2.75, 3.05) is 13.1 Å². The van der Waals surface area contributed by atoms with Crippen molar-refractivity contribution >= 4 is 0 Å². The zero-order chi connectivity index (χ0) is 15.5. The van der Waals surface area contributed by atoms with Crippen molar-refractivity contribution in [1.29, 1.82) is 0 Å². The molecule has 1 aromatic rings. The summed E-state index contributed by atoms with van der Waals surface area (Å²) in [5, 5.41) is 3.47. The topological polar surface area (TPSA) is 15.3 Å². The maximum atomic E-state index is 13.1. The SMILES string of the molecule is CCCC1CN(Cc2ccccc2C(F)(F)F)C(C)CN1. The number of nitrogens with one attached hydrogen (secondary N) is 1. The Bertz CT molecular complexity index is 459. The standard InChI is InChI=1S/C16H23F3N2/c1-3-6-14-11-21(12(2)9-20-14)10-13-7-4-5-8-15(13)16(17,18)19/h4-5,7-8,12,14,20H,3,6,9-11H2,1-2H3. The summed E-state index contributed by atoms with van der Waals surface area (Å²) in [4.78, 5) is 2.15. The number of nitrogens with zero attached hydrogens (tertiary/aromatic N) is 1. The predicted octanol–water partition coefficient (Wildman–Crippen LogP) is 3.67. The van der Waals surface area contributed by atoms with Crippen LogP contribution >= 0.6 is 0 Å². The second kappa shape index (κ2) is 6.79. The monoisotopic (exact) mass is 300 g/mol. The molecule has 2 rings (SSSR count). The molecule has 118 valence electrons. The molecule has 1 aliphatic heterocycles. The minimum Gasteiger partial charge on any atom is -0.311 e. The van der Waals surface area contributed by atoms with Gasteiger partial charge in [-0.2, -0.15) is 13.2 Å². The number of alkyl halides is 3. The van der Waals surface area contributed by atoms with Crippen LogP contribution in [0.4, 0.5) is 13.2 Å². The largest absolute Gasteiger partial charge is 0.416 e. The molecule has 0 amide bonds. The summed E-state index contributed by atoms with van der Waals surface area (Å²) in [5.41, 5.74) is -0.142. The normalized spacial score (nSPS) is 24.2. The number of piperazine rings is 1. The van der Waals surface area contributed by atoms with E-state index in [1.807, 2.05) is 0 Å². The van der Waals surface area contributed by atoms with Gasteiger partial charge in [0.2, 0.25) is 0 Å². The number of halogens is 3. The Morgan fingerprint density at radius 1 is 1.29 bits per heavy atom. The first-order chi connectivity index (χ1) is 9.91. The average Bonchev–Trinajstić information content (AvgIpc) is 2.42. The van der Waals surface area contributed by atoms with Crippen LogP contribution in [0.15, 0.2) is 24.3 Å². The molecule has 1 aromatic carbocycles. The summed E-state index contributed by atoms with van der Waals surface area (Å²) in [6.45, 7) is 6.19. The molecular weight excluding hydrogens is 277 g/mol. The molecule has 1 heterocycles. The molecule has 0 spiro atoms. The third-order valence-corrected chi connectivity index (χ3v) is 4.11. The van der Waals surface area contributed by atoms with Crippen LogP contribution in [-0.4, -0.2) is 30.1 Å². The van der Waals surface area contributed by atoms with Crippen LogP contribution in [0, 0.1) is 0 Å². The molecule has 0 radical (unpaired) electrons. The lowest BCUT2D eigenvalue weighted by Crippen LogP contribution is -2.54. The first-order valence-electron chi connectivity index (χ1n) is 7.54. The van der Waals surface area contributed by atoms with Gasteiger partial charge in [0.1, 0.15) is 0 Å². The molecule has 1 aliphatic rings. The summed E-state index contributed by atoms with van der Waals surface area (Å²) < 4.78 is 39.2. The number of hydrogen-bond acceptors (Lipinski definition) is 2. The lowest BCUT2D eigenvalue weighted by molar-refractivity contribution is -0.138. The molecule has 1 fully saturated rings. The van der Waals surface area contributed by atoms with E-state index < -0.39 is 11.7 Å². The van der Waals surface area contributed by atoms with Gasteiger partial charge in [-0.15, -0.1) is 0 Å². The summed E-state index contributed by atoms with van der Waals surface area (Å²) in [6, 6.07) is 6.52. The van der Waals surface area contributed by atoms with Gasteiger partial charge in [-0.25, -0.2) is 0 Å². The van der Waals surface area contributed by atoms with Crippen molar-refractivity contribution < 1.29 is 13.2 Å². The van der Waals surface area contributed by atoms with E-state index >= 15 is 0 Å². The lowest BCUT2D eigenvalue weighted by Gasteiger charge is -2.39. The van der Waals surface area contributed by atoms with Crippen molar-refractivity contribution in [3.8, 4) is 0 Å². The van der Waals surface area contributed by atoms with Gasteiger partial charge < -0.3 is 5.32 Å². The van der Waals surface area contributed by atoms with Gasteiger partial charge in [-0.3, -0.25) is 4.90 Å². The first-order valence-corrected chi connectivity index (χ1v) is 7.54. The van der Waals surface area contributed by atoms with Gasteiger partial charge in [0, 0.05) is 31.7 Å². The predicted molar refractivity (Wildman–Crippen MR) is 78.0 cm³/mol. The molecule has 1 N–H and O–H groups in total. The highest BCUT2D eigenvalue weighted by molar-refractivity contribution is 5.29. The fraction of sp³-hybridized carbons (Fsp3) is 0.625. The van der Waals surface area contributed by atoms with Gasteiger partial charge in [0.15, 0.2) is 0 Å². The van der Waals surface area contributed by atoms with E-state index in [0.717, 1.165) is 25.9 Å². The Labute approximate surface area is 124 Å². The molecule has 0 saturated carbocycles. The minimum atomic E-state index is -4.28. The summed E-state index contributed by atoms with van der Waals surface area (Å²) >= 11 is 0. The van der Waals surface area contributed by atoms with E-state index in [4.69, 9.17) is 0 Å². The third-order valence-electron chi connectivity index (χ3n) is 4.11. The highest BCUT2D eigenvalue weighted by Crippen LogP contribution is 2.32. The molecule has 5 heteroatoms. The van der Waals surface area contributed by atoms with Crippen molar-refractivity contribution in [1.82, 2.24) is 10.2 Å². The molecule has 0 aromatic heterocycles. The molecular formula is C16H23F3N2. The Morgan fingerprint density at radius 2 is 2.00 bits per heavy atom. The van der Waals surface area contributed by atoms with Crippen LogP contribution < -0.4 is 5.32 Å². The highest BCUT2D eigenvalue weighted by Gasteiger charge is 2.34. The van der Waals surface area contributed by atoms with E-state index in [1.165, 1.54) is 12.1 Å². The highest BCUT2D eigenvalue weighted by atomic mass is 19.4. The summed E-state index contributed by atoms with van der Waals surface area (Å²) in [7, 11) is 0. The Kier molecular flexibility index (Phi) is 5.27. The van der Waals surface area contributed by atoms with Crippen LogP contribution in [0.25, 0.3) is 0 Å². The molecule has 0 aliphatic carbocycles. The molecule has 2 unspecified atom stereocenters. The zero-order valence-electron chi connectivity index (χ0n) is 12.6. The maximum Gasteiger partial charge on any atom is 0.416 e. The van der Waals surface area contributed by atoms with Gasteiger partial charge >= 0.3 is 6.18 Å². The molecule has 1 saturated heterocycles. The van der Waals surface area contributed by atoms with Gasteiger partial charge in [0.05, 0.1) is 5.56 Å².